The third-order valence-electron chi connectivity index (χ3n) is 3.25. The number of rotatable bonds is 4. The summed E-state index contributed by atoms with van der Waals surface area (Å²) in [6.45, 7) is 7.13. The molecule has 0 bridgehead atoms. The second-order valence-electron chi connectivity index (χ2n) is 4.93. The molecule has 0 heterocycles. The fourth-order valence-electron chi connectivity index (χ4n) is 2.13. The summed E-state index contributed by atoms with van der Waals surface area (Å²) >= 11 is 0. The number of ether oxygens (including phenoxy) is 1. The zero-order valence-corrected chi connectivity index (χ0v) is 14.5. The zero-order chi connectivity index (χ0) is 19.1. The number of aryl methyl sites for hydroxylation is 1. The highest BCUT2D eigenvalue weighted by Crippen LogP contribution is 2.32. The lowest BCUT2D eigenvalue weighted by atomic mass is 9.98. The van der Waals surface area contributed by atoms with Crippen LogP contribution in [0, 0.1) is 18.6 Å². The van der Waals surface area contributed by atoms with Crippen molar-refractivity contribution in [3.8, 4) is 16.9 Å². The minimum atomic E-state index is -1.31. The van der Waals surface area contributed by atoms with E-state index in [1.165, 1.54) is 18.2 Å². The van der Waals surface area contributed by atoms with Gasteiger partial charge in [0.2, 0.25) is 0 Å². The standard InChI is InChI=1S/C17H14F2O4.C2H6/c1-3-15(20)23-16-9(2)6-10(7-13(16)17(21)22)12-5-4-11(18)8-14(12)19;1-2/h4-8H,3H2,1-2H3,(H,21,22);1-2H3. The number of carboxylic acid groups (broad SMARTS) is 1. The summed E-state index contributed by atoms with van der Waals surface area (Å²) in [6.07, 6.45) is 0.0901. The van der Waals surface area contributed by atoms with Crippen molar-refractivity contribution in [1.29, 1.82) is 0 Å². The van der Waals surface area contributed by atoms with E-state index in [-0.39, 0.29) is 28.9 Å². The van der Waals surface area contributed by atoms with E-state index in [0.29, 0.717) is 5.56 Å². The van der Waals surface area contributed by atoms with E-state index < -0.39 is 23.6 Å². The highest BCUT2D eigenvalue weighted by molar-refractivity contribution is 5.94. The SMILES string of the molecule is CC.CCC(=O)Oc1c(C)cc(-c2ccc(F)cc2F)cc1C(=O)O. The third-order valence-corrected chi connectivity index (χ3v) is 3.25. The summed E-state index contributed by atoms with van der Waals surface area (Å²) in [6, 6.07) is 5.71. The summed E-state index contributed by atoms with van der Waals surface area (Å²) in [7, 11) is 0. The lowest BCUT2D eigenvalue weighted by molar-refractivity contribution is -0.134. The number of carbonyl (C=O) groups excluding carboxylic acids is 1. The molecule has 0 aliphatic carbocycles. The largest absolute Gasteiger partial charge is 0.478 e. The van der Waals surface area contributed by atoms with Crippen molar-refractivity contribution in [3.05, 3.63) is 53.1 Å². The topological polar surface area (TPSA) is 63.6 Å². The monoisotopic (exact) mass is 350 g/mol. The molecule has 0 radical (unpaired) electrons. The van der Waals surface area contributed by atoms with Crippen LogP contribution >= 0.6 is 0 Å². The van der Waals surface area contributed by atoms with Crippen molar-refractivity contribution < 1.29 is 28.2 Å². The molecular formula is C19H20F2O4. The minimum Gasteiger partial charge on any atom is -0.478 e. The summed E-state index contributed by atoms with van der Waals surface area (Å²) in [4.78, 5) is 22.9. The van der Waals surface area contributed by atoms with Crippen molar-refractivity contribution >= 4 is 11.9 Å². The molecule has 0 saturated carbocycles. The second kappa shape index (κ2) is 8.92. The Labute approximate surface area is 145 Å². The van der Waals surface area contributed by atoms with E-state index in [4.69, 9.17) is 4.74 Å². The Bertz CT molecular complexity index is 785. The van der Waals surface area contributed by atoms with Gasteiger partial charge in [-0.2, -0.15) is 0 Å². The molecular weight excluding hydrogens is 330 g/mol. The van der Waals surface area contributed by atoms with Gasteiger partial charge in [-0.15, -0.1) is 0 Å². The molecule has 2 aromatic carbocycles. The maximum absolute atomic E-state index is 13.9. The van der Waals surface area contributed by atoms with E-state index in [9.17, 15) is 23.5 Å². The van der Waals surface area contributed by atoms with Crippen LogP contribution in [0.25, 0.3) is 11.1 Å². The van der Waals surface area contributed by atoms with E-state index in [2.05, 4.69) is 0 Å². The van der Waals surface area contributed by atoms with Crippen LogP contribution in [-0.2, 0) is 4.79 Å². The van der Waals surface area contributed by atoms with E-state index in [0.717, 1.165) is 12.1 Å². The fourth-order valence-corrected chi connectivity index (χ4v) is 2.13. The Kier molecular flexibility index (Phi) is 7.23. The Hall–Kier alpha value is -2.76. The first-order valence-electron chi connectivity index (χ1n) is 7.87. The number of benzene rings is 2. The zero-order valence-electron chi connectivity index (χ0n) is 14.5. The average molecular weight is 350 g/mol. The van der Waals surface area contributed by atoms with Gasteiger partial charge < -0.3 is 9.84 Å². The average Bonchev–Trinajstić information content (AvgIpc) is 2.58. The van der Waals surface area contributed by atoms with Crippen molar-refractivity contribution in [1.82, 2.24) is 0 Å². The van der Waals surface area contributed by atoms with Gasteiger partial charge in [0.15, 0.2) is 0 Å². The van der Waals surface area contributed by atoms with E-state index >= 15 is 0 Å². The van der Waals surface area contributed by atoms with Crippen molar-refractivity contribution in [2.75, 3.05) is 0 Å². The van der Waals surface area contributed by atoms with Gasteiger partial charge in [0, 0.05) is 18.1 Å². The molecule has 4 nitrogen and oxygen atoms in total. The van der Waals surface area contributed by atoms with Crippen LogP contribution in [-0.4, -0.2) is 17.0 Å². The summed E-state index contributed by atoms with van der Waals surface area (Å²) in [5, 5.41) is 9.32. The van der Waals surface area contributed by atoms with Gasteiger partial charge in [-0.25, -0.2) is 13.6 Å². The highest BCUT2D eigenvalue weighted by Gasteiger charge is 2.19. The van der Waals surface area contributed by atoms with Crippen molar-refractivity contribution in [2.24, 2.45) is 0 Å². The molecule has 0 aromatic heterocycles. The fraction of sp³-hybridized carbons (Fsp3) is 0.263. The van der Waals surface area contributed by atoms with Crippen LogP contribution in [0.15, 0.2) is 30.3 Å². The van der Waals surface area contributed by atoms with Crippen molar-refractivity contribution in [3.63, 3.8) is 0 Å². The summed E-state index contributed by atoms with van der Waals surface area (Å²) in [5.74, 6) is -3.49. The second-order valence-corrected chi connectivity index (χ2v) is 4.93. The molecule has 0 fully saturated rings. The lowest BCUT2D eigenvalue weighted by Gasteiger charge is -2.13. The molecule has 2 rings (SSSR count). The molecule has 1 N–H and O–H groups in total. The van der Waals surface area contributed by atoms with Gasteiger partial charge in [-0.05, 0) is 42.3 Å². The van der Waals surface area contributed by atoms with Gasteiger partial charge in [-0.3, -0.25) is 4.79 Å². The van der Waals surface area contributed by atoms with Gasteiger partial charge >= 0.3 is 11.9 Å². The molecule has 2 aromatic rings. The predicted octanol–water partition coefficient (Wildman–Crippen LogP) is 4.98. The smallest absolute Gasteiger partial charge is 0.339 e. The highest BCUT2D eigenvalue weighted by atomic mass is 19.1. The Morgan fingerprint density at radius 3 is 2.28 bits per heavy atom. The summed E-state index contributed by atoms with van der Waals surface area (Å²) < 4.78 is 32.0. The quantitative estimate of drug-likeness (QED) is 0.624. The van der Waals surface area contributed by atoms with Gasteiger partial charge in [0.05, 0.1) is 0 Å². The Balaban J connectivity index is 0.00000151. The Morgan fingerprint density at radius 1 is 1.12 bits per heavy atom. The molecule has 0 aliphatic heterocycles. The van der Waals surface area contributed by atoms with E-state index in [1.807, 2.05) is 13.8 Å². The molecule has 6 heteroatoms. The van der Waals surface area contributed by atoms with Crippen LogP contribution in [0.4, 0.5) is 8.78 Å². The molecule has 134 valence electrons. The molecule has 0 amide bonds. The molecule has 0 unspecified atom stereocenters. The maximum Gasteiger partial charge on any atom is 0.339 e. The first kappa shape index (κ1) is 20.3. The first-order chi connectivity index (χ1) is 11.8. The van der Waals surface area contributed by atoms with E-state index in [1.54, 1.807) is 13.8 Å². The molecule has 25 heavy (non-hydrogen) atoms. The normalized spacial score (nSPS) is 9.84. The molecule has 0 spiro atoms. The van der Waals surface area contributed by atoms with Gasteiger partial charge in [-0.1, -0.05) is 20.8 Å². The predicted molar refractivity (Wildman–Crippen MR) is 90.8 cm³/mol. The number of hydrogen-bond acceptors (Lipinski definition) is 3. The van der Waals surface area contributed by atoms with Crippen molar-refractivity contribution in [2.45, 2.75) is 34.1 Å². The number of carbonyl (C=O) groups is 2. The maximum atomic E-state index is 13.9. The lowest BCUT2D eigenvalue weighted by Crippen LogP contribution is -2.11. The van der Waals surface area contributed by atoms with Gasteiger partial charge in [0.25, 0.3) is 0 Å². The summed E-state index contributed by atoms with van der Waals surface area (Å²) in [5.41, 5.74) is 0.426. The number of esters is 1. The number of carboxylic acids is 1. The van der Waals surface area contributed by atoms with Crippen LogP contribution in [0.3, 0.4) is 0 Å². The Morgan fingerprint density at radius 2 is 1.76 bits per heavy atom. The molecule has 0 aliphatic rings. The van der Waals surface area contributed by atoms with Crippen LogP contribution in [0.5, 0.6) is 5.75 Å². The third kappa shape index (κ3) is 4.86. The molecule has 0 saturated heterocycles. The van der Waals surface area contributed by atoms with Crippen LogP contribution in [0.1, 0.15) is 43.1 Å². The minimum absolute atomic E-state index is 0.0605. The van der Waals surface area contributed by atoms with Crippen LogP contribution < -0.4 is 4.74 Å². The number of aromatic carboxylic acids is 1. The first-order valence-corrected chi connectivity index (χ1v) is 7.87. The van der Waals surface area contributed by atoms with Gasteiger partial charge in [0.1, 0.15) is 22.9 Å². The molecule has 0 atom stereocenters. The number of hydrogen-bond donors (Lipinski definition) is 1. The number of halogens is 2. The van der Waals surface area contributed by atoms with Crippen LogP contribution in [0.2, 0.25) is 0 Å².